The second kappa shape index (κ2) is 8.16. The third-order valence-electron chi connectivity index (χ3n) is 3.51. The van der Waals surface area contributed by atoms with E-state index in [1.54, 1.807) is 0 Å². The second-order valence-electron chi connectivity index (χ2n) is 5.61. The quantitative estimate of drug-likeness (QED) is 0.636. The molecule has 0 bridgehead atoms. The minimum atomic E-state index is 0.390. The Hall–Kier alpha value is -0.580. The average Bonchev–Trinajstić information content (AvgIpc) is 2.46. The van der Waals surface area contributed by atoms with Gasteiger partial charge in [-0.2, -0.15) is 0 Å². The van der Waals surface area contributed by atoms with E-state index >= 15 is 0 Å². The fourth-order valence-electron chi connectivity index (χ4n) is 2.38. The number of hydrogen-bond acceptors (Lipinski definition) is 1. The molecule has 0 aliphatic rings. The SMILES string of the molecule is CC(C)NCC(Cc1ccc(I)cc1)c1ccccc1Cl. The number of rotatable bonds is 6. The van der Waals surface area contributed by atoms with Crippen LogP contribution in [0.2, 0.25) is 5.02 Å². The average molecular weight is 414 g/mol. The van der Waals surface area contributed by atoms with Crippen molar-refractivity contribution in [2.45, 2.75) is 32.2 Å². The standard InChI is InChI=1S/C18H21ClIN/c1-13(2)21-12-15(17-5-3-4-6-18(17)19)11-14-7-9-16(20)10-8-14/h3-10,13,15,21H,11-12H2,1-2H3. The van der Waals surface area contributed by atoms with Crippen molar-refractivity contribution >= 4 is 34.2 Å². The Bertz CT molecular complexity index is 566. The zero-order valence-electron chi connectivity index (χ0n) is 12.4. The second-order valence-corrected chi connectivity index (χ2v) is 7.26. The van der Waals surface area contributed by atoms with Crippen molar-refractivity contribution in [1.82, 2.24) is 5.32 Å². The van der Waals surface area contributed by atoms with Crippen molar-refractivity contribution in [3.63, 3.8) is 0 Å². The van der Waals surface area contributed by atoms with Crippen molar-refractivity contribution in [3.8, 4) is 0 Å². The smallest absolute Gasteiger partial charge is 0.0441 e. The molecular weight excluding hydrogens is 393 g/mol. The minimum Gasteiger partial charge on any atom is -0.314 e. The molecule has 0 spiro atoms. The highest BCUT2D eigenvalue weighted by Crippen LogP contribution is 2.27. The molecule has 0 saturated carbocycles. The van der Waals surface area contributed by atoms with Crippen molar-refractivity contribution in [2.24, 2.45) is 0 Å². The minimum absolute atomic E-state index is 0.390. The summed E-state index contributed by atoms with van der Waals surface area (Å²) < 4.78 is 1.27. The maximum atomic E-state index is 6.40. The van der Waals surface area contributed by atoms with Crippen LogP contribution in [0.3, 0.4) is 0 Å². The van der Waals surface area contributed by atoms with E-state index in [0.717, 1.165) is 18.0 Å². The van der Waals surface area contributed by atoms with E-state index in [2.05, 4.69) is 78.2 Å². The lowest BCUT2D eigenvalue weighted by atomic mass is 9.91. The first-order valence-electron chi connectivity index (χ1n) is 7.28. The number of halogens is 2. The van der Waals surface area contributed by atoms with E-state index in [1.807, 2.05) is 12.1 Å². The molecule has 21 heavy (non-hydrogen) atoms. The van der Waals surface area contributed by atoms with Gasteiger partial charge >= 0.3 is 0 Å². The fraction of sp³-hybridized carbons (Fsp3) is 0.333. The molecule has 2 aromatic rings. The molecule has 2 rings (SSSR count). The molecule has 1 N–H and O–H groups in total. The van der Waals surface area contributed by atoms with E-state index < -0.39 is 0 Å². The molecule has 0 amide bonds. The normalized spacial score (nSPS) is 12.6. The van der Waals surface area contributed by atoms with E-state index in [-0.39, 0.29) is 0 Å². The molecule has 2 aromatic carbocycles. The van der Waals surface area contributed by atoms with Crippen LogP contribution >= 0.6 is 34.2 Å². The van der Waals surface area contributed by atoms with Crippen molar-refractivity contribution in [2.75, 3.05) is 6.54 Å². The highest BCUT2D eigenvalue weighted by Gasteiger charge is 2.15. The maximum Gasteiger partial charge on any atom is 0.0441 e. The third kappa shape index (κ3) is 5.28. The van der Waals surface area contributed by atoms with E-state index in [9.17, 15) is 0 Å². The summed E-state index contributed by atoms with van der Waals surface area (Å²) in [6, 6.07) is 17.4. The van der Waals surface area contributed by atoms with Gasteiger partial charge in [-0.25, -0.2) is 0 Å². The predicted molar refractivity (Wildman–Crippen MR) is 100 cm³/mol. The van der Waals surface area contributed by atoms with Gasteiger partial charge in [0.05, 0.1) is 0 Å². The lowest BCUT2D eigenvalue weighted by Gasteiger charge is -2.21. The Labute approximate surface area is 146 Å². The van der Waals surface area contributed by atoms with E-state index in [0.29, 0.717) is 12.0 Å². The summed E-state index contributed by atoms with van der Waals surface area (Å²) in [6.45, 7) is 5.29. The van der Waals surface area contributed by atoms with Crippen molar-refractivity contribution < 1.29 is 0 Å². The summed E-state index contributed by atoms with van der Waals surface area (Å²) in [5.74, 6) is 0.390. The molecule has 0 radical (unpaired) electrons. The molecule has 3 heteroatoms. The first kappa shape index (κ1) is 16.8. The van der Waals surface area contributed by atoms with Crippen molar-refractivity contribution in [3.05, 3.63) is 68.3 Å². The van der Waals surface area contributed by atoms with Gasteiger partial charge in [0.15, 0.2) is 0 Å². The van der Waals surface area contributed by atoms with E-state index in [4.69, 9.17) is 11.6 Å². The Morgan fingerprint density at radius 1 is 1.05 bits per heavy atom. The summed E-state index contributed by atoms with van der Waals surface area (Å²) in [5.41, 5.74) is 2.58. The summed E-state index contributed by atoms with van der Waals surface area (Å²) in [5, 5.41) is 4.40. The molecule has 0 aliphatic heterocycles. The van der Waals surface area contributed by atoms with Crippen LogP contribution in [-0.4, -0.2) is 12.6 Å². The zero-order chi connectivity index (χ0) is 15.2. The van der Waals surface area contributed by atoms with Crippen LogP contribution < -0.4 is 5.32 Å². The molecule has 112 valence electrons. The van der Waals surface area contributed by atoms with Crippen LogP contribution in [0.1, 0.15) is 30.9 Å². The highest BCUT2D eigenvalue weighted by atomic mass is 127. The van der Waals surface area contributed by atoms with Gasteiger partial charge in [-0.3, -0.25) is 0 Å². The third-order valence-corrected chi connectivity index (χ3v) is 4.58. The molecule has 1 atom stereocenters. The van der Waals surface area contributed by atoms with Gasteiger partial charge in [-0.15, -0.1) is 0 Å². The Morgan fingerprint density at radius 3 is 2.33 bits per heavy atom. The molecule has 0 aromatic heterocycles. The van der Waals surface area contributed by atoms with Gasteiger partial charge < -0.3 is 5.32 Å². The molecule has 0 aliphatic carbocycles. The fourth-order valence-corrected chi connectivity index (χ4v) is 3.03. The topological polar surface area (TPSA) is 12.0 Å². The Kier molecular flexibility index (Phi) is 6.52. The van der Waals surface area contributed by atoms with Gasteiger partial charge in [0.25, 0.3) is 0 Å². The summed E-state index contributed by atoms with van der Waals surface area (Å²) in [7, 11) is 0. The van der Waals surface area contributed by atoms with Crippen LogP contribution in [0.4, 0.5) is 0 Å². The largest absolute Gasteiger partial charge is 0.314 e. The van der Waals surface area contributed by atoms with Gasteiger partial charge in [0.2, 0.25) is 0 Å². The van der Waals surface area contributed by atoms with Gasteiger partial charge in [-0.1, -0.05) is 55.8 Å². The molecule has 0 saturated heterocycles. The summed E-state index contributed by atoms with van der Waals surface area (Å²) in [4.78, 5) is 0. The number of nitrogens with one attached hydrogen (secondary N) is 1. The molecular formula is C18H21ClIN. The van der Waals surface area contributed by atoms with Crippen LogP contribution in [0.25, 0.3) is 0 Å². The first-order valence-corrected chi connectivity index (χ1v) is 8.74. The van der Waals surface area contributed by atoms with Crippen LogP contribution in [0.15, 0.2) is 48.5 Å². The predicted octanol–water partition coefficient (Wildman–Crippen LogP) is 5.27. The van der Waals surface area contributed by atoms with Crippen LogP contribution in [-0.2, 0) is 6.42 Å². The highest BCUT2D eigenvalue weighted by molar-refractivity contribution is 14.1. The summed E-state index contributed by atoms with van der Waals surface area (Å²) >= 11 is 8.74. The number of hydrogen-bond donors (Lipinski definition) is 1. The Morgan fingerprint density at radius 2 is 1.71 bits per heavy atom. The van der Waals surface area contributed by atoms with Crippen LogP contribution in [0, 0.1) is 3.57 Å². The molecule has 0 heterocycles. The van der Waals surface area contributed by atoms with E-state index in [1.165, 1.54) is 14.7 Å². The van der Waals surface area contributed by atoms with Gasteiger partial charge in [0.1, 0.15) is 0 Å². The zero-order valence-corrected chi connectivity index (χ0v) is 15.4. The monoisotopic (exact) mass is 413 g/mol. The lowest BCUT2D eigenvalue weighted by molar-refractivity contribution is 0.527. The number of benzene rings is 2. The lowest BCUT2D eigenvalue weighted by Crippen LogP contribution is -2.29. The summed E-state index contributed by atoms with van der Waals surface area (Å²) in [6.07, 6.45) is 1.00. The molecule has 1 nitrogen and oxygen atoms in total. The molecule has 1 unspecified atom stereocenters. The van der Waals surface area contributed by atoms with Crippen LogP contribution in [0.5, 0.6) is 0 Å². The maximum absolute atomic E-state index is 6.40. The van der Waals surface area contributed by atoms with Crippen molar-refractivity contribution in [1.29, 1.82) is 0 Å². The molecule has 0 fully saturated rings. The van der Waals surface area contributed by atoms with Gasteiger partial charge in [0, 0.05) is 27.1 Å². The first-order chi connectivity index (χ1) is 10.1. The Balaban J connectivity index is 2.19. The van der Waals surface area contributed by atoms with Gasteiger partial charge in [-0.05, 0) is 58.3 Å².